The van der Waals surface area contributed by atoms with E-state index < -0.39 is 0 Å². The first kappa shape index (κ1) is 14.5. The lowest BCUT2D eigenvalue weighted by Gasteiger charge is -2.44. The molecule has 1 fully saturated rings. The van der Waals surface area contributed by atoms with E-state index in [4.69, 9.17) is 0 Å². The van der Waals surface area contributed by atoms with E-state index in [1.54, 1.807) is 0 Å². The fourth-order valence-corrected chi connectivity index (χ4v) is 2.90. The van der Waals surface area contributed by atoms with E-state index >= 15 is 0 Å². The maximum Gasteiger partial charge on any atom is 0.0573 e. The van der Waals surface area contributed by atoms with Crippen LogP contribution in [0.5, 0.6) is 0 Å². The predicted molar refractivity (Wildman–Crippen MR) is 80.2 cm³/mol. The van der Waals surface area contributed by atoms with E-state index in [9.17, 15) is 0 Å². The predicted octanol–water partition coefficient (Wildman–Crippen LogP) is 2.74. The third-order valence-corrected chi connectivity index (χ3v) is 4.02. The van der Waals surface area contributed by atoms with Crippen molar-refractivity contribution in [2.45, 2.75) is 58.7 Å². The monoisotopic (exact) mass is 261 g/mol. The Balaban J connectivity index is 2.11. The summed E-state index contributed by atoms with van der Waals surface area (Å²) in [5.41, 5.74) is 2.72. The van der Waals surface area contributed by atoms with Gasteiger partial charge < -0.3 is 5.32 Å². The van der Waals surface area contributed by atoms with Gasteiger partial charge in [0, 0.05) is 37.4 Å². The van der Waals surface area contributed by atoms with Crippen molar-refractivity contribution in [3.8, 4) is 0 Å². The Morgan fingerprint density at radius 2 is 2.26 bits per heavy atom. The molecule has 0 aromatic carbocycles. The molecule has 0 radical (unpaired) electrons. The van der Waals surface area contributed by atoms with Gasteiger partial charge in [0.2, 0.25) is 0 Å². The topological polar surface area (TPSA) is 28.2 Å². The van der Waals surface area contributed by atoms with Gasteiger partial charge in [-0.05, 0) is 38.8 Å². The van der Waals surface area contributed by atoms with E-state index in [1.807, 2.05) is 12.3 Å². The number of aromatic nitrogens is 1. The average Bonchev–Trinajstić information content (AvgIpc) is 2.35. The Kier molecular flexibility index (Phi) is 4.58. The quantitative estimate of drug-likeness (QED) is 0.903. The summed E-state index contributed by atoms with van der Waals surface area (Å²) in [6.07, 6.45) is 4.41. The van der Waals surface area contributed by atoms with E-state index in [1.165, 1.54) is 24.1 Å². The second-order valence-corrected chi connectivity index (χ2v) is 6.38. The van der Waals surface area contributed by atoms with Gasteiger partial charge in [-0.15, -0.1) is 0 Å². The Morgan fingerprint density at radius 3 is 2.95 bits per heavy atom. The minimum absolute atomic E-state index is 0.201. The van der Waals surface area contributed by atoms with Crippen LogP contribution in [0.2, 0.25) is 0 Å². The van der Waals surface area contributed by atoms with Gasteiger partial charge in [0.05, 0.1) is 5.69 Å². The fourth-order valence-electron chi connectivity index (χ4n) is 2.90. The molecule has 1 aliphatic rings. The van der Waals surface area contributed by atoms with Crippen LogP contribution >= 0.6 is 0 Å². The van der Waals surface area contributed by atoms with Crippen LogP contribution in [-0.2, 0) is 6.54 Å². The van der Waals surface area contributed by atoms with E-state index in [0.29, 0.717) is 6.04 Å². The van der Waals surface area contributed by atoms with Crippen LogP contribution in [-0.4, -0.2) is 34.6 Å². The summed E-state index contributed by atoms with van der Waals surface area (Å²) in [6, 6.07) is 4.81. The zero-order valence-electron chi connectivity index (χ0n) is 12.7. The number of nitrogens with zero attached hydrogens (tertiary/aromatic N) is 2. The highest BCUT2D eigenvalue weighted by atomic mass is 15.2. The maximum atomic E-state index is 4.55. The van der Waals surface area contributed by atoms with E-state index in [2.05, 4.69) is 49.0 Å². The van der Waals surface area contributed by atoms with Crippen molar-refractivity contribution >= 4 is 0 Å². The molecule has 3 nitrogen and oxygen atoms in total. The number of hydrogen-bond donors (Lipinski definition) is 1. The summed E-state index contributed by atoms with van der Waals surface area (Å²) in [5.74, 6) is 0. The molecule has 2 rings (SSSR count). The van der Waals surface area contributed by atoms with Crippen molar-refractivity contribution in [2.75, 3.05) is 13.1 Å². The fraction of sp³-hybridized carbons (Fsp3) is 0.688. The minimum Gasteiger partial charge on any atom is -0.309 e. The Hall–Kier alpha value is -0.930. The van der Waals surface area contributed by atoms with Crippen LogP contribution in [0.15, 0.2) is 18.3 Å². The Morgan fingerprint density at radius 1 is 1.47 bits per heavy atom. The van der Waals surface area contributed by atoms with Gasteiger partial charge >= 0.3 is 0 Å². The van der Waals surface area contributed by atoms with Crippen LogP contribution in [0, 0.1) is 6.92 Å². The highest BCUT2D eigenvalue weighted by molar-refractivity contribution is 5.17. The van der Waals surface area contributed by atoms with Crippen molar-refractivity contribution in [3.05, 3.63) is 29.6 Å². The third kappa shape index (κ3) is 3.77. The molecule has 1 saturated heterocycles. The number of piperazine rings is 1. The lowest BCUT2D eigenvalue weighted by molar-refractivity contribution is 0.0813. The number of hydrogen-bond acceptors (Lipinski definition) is 3. The molecule has 0 saturated carbocycles. The summed E-state index contributed by atoms with van der Waals surface area (Å²) in [4.78, 5) is 7.16. The second-order valence-electron chi connectivity index (χ2n) is 6.38. The van der Waals surface area contributed by atoms with Crippen molar-refractivity contribution in [2.24, 2.45) is 0 Å². The first-order valence-corrected chi connectivity index (χ1v) is 7.41. The smallest absolute Gasteiger partial charge is 0.0573 e. The van der Waals surface area contributed by atoms with Crippen molar-refractivity contribution in [3.63, 3.8) is 0 Å². The zero-order valence-corrected chi connectivity index (χ0v) is 12.7. The first-order valence-electron chi connectivity index (χ1n) is 7.41. The number of rotatable bonds is 4. The molecule has 0 bridgehead atoms. The average molecular weight is 261 g/mol. The molecule has 0 spiro atoms. The molecule has 19 heavy (non-hydrogen) atoms. The number of nitrogens with one attached hydrogen (secondary N) is 1. The van der Waals surface area contributed by atoms with Crippen LogP contribution in [0.3, 0.4) is 0 Å². The van der Waals surface area contributed by atoms with Crippen LogP contribution < -0.4 is 5.32 Å². The summed E-state index contributed by atoms with van der Waals surface area (Å²) < 4.78 is 0. The lowest BCUT2D eigenvalue weighted by Crippen LogP contribution is -2.61. The zero-order chi connectivity index (χ0) is 13.9. The Labute approximate surface area is 117 Å². The van der Waals surface area contributed by atoms with Gasteiger partial charge in [0.15, 0.2) is 0 Å². The Bertz CT molecular complexity index is 414. The molecule has 1 aliphatic heterocycles. The summed E-state index contributed by atoms with van der Waals surface area (Å²) in [5, 5.41) is 3.66. The van der Waals surface area contributed by atoms with E-state index in [-0.39, 0.29) is 5.54 Å². The van der Waals surface area contributed by atoms with E-state index in [0.717, 1.165) is 19.6 Å². The third-order valence-electron chi connectivity index (χ3n) is 4.02. The minimum atomic E-state index is 0.201. The molecule has 1 aromatic heterocycles. The highest BCUT2D eigenvalue weighted by Crippen LogP contribution is 2.21. The van der Waals surface area contributed by atoms with Gasteiger partial charge in [0.25, 0.3) is 0 Å². The molecule has 3 heteroatoms. The molecule has 1 N–H and O–H groups in total. The largest absolute Gasteiger partial charge is 0.309 e. The van der Waals surface area contributed by atoms with Gasteiger partial charge in [-0.3, -0.25) is 9.88 Å². The molecule has 1 unspecified atom stereocenters. The lowest BCUT2D eigenvalue weighted by atomic mass is 9.96. The molecular weight excluding hydrogens is 234 g/mol. The highest BCUT2D eigenvalue weighted by Gasteiger charge is 2.32. The van der Waals surface area contributed by atoms with Crippen molar-refractivity contribution < 1.29 is 0 Å². The first-order chi connectivity index (χ1) is 9.02. The van der Waals surface area contributed by atoms with Crippen LogP contribution in [0.25, 0.3) is 0 Å². The number of pyridine rings is 1. The van der Waals surface area contributed by atoms with Crippen LogP contribution in [0.4, 0.5) is 0 Å². The molecular formula is C16H27N3. The van der Waals surface area contributed by atoms with Gasteiger partial charge in [0.1, 0.15) is 0 Å². The van der Waals surface area contributed by atoms with Gasteiger partial charge in [-0.25, -0.2) is 0 Å². The molecule has 106 valence electrons. The molecule has 1 atom stereocenters. The van der Waals surface area contributed by atoms with Gasteiger partial charge in [-0.2, -0.15) is 0 Å². The summed E-state index contributed by atoms with van der Waals surface area (Å²) >= 11 is 0. The number of aryl methyl sites for hydroxylation is 1. The normalized spacial score (nSPS) is 23.5. The second kappa shape index (κ2) is 6.02. The molecule has 1 aromatic rings. The van der Waals surface area contributed by atoms with Crippen molar-refractivity contribution in [1.82, 2.24) is 15.2 Å². The molecule has 0 aliphatic carbocycles. The molecule has 2 heterocycles. The summed E-state index contributed by atoms with van der Waals surface area (Å²) in [6.45, 7) is 12.2. The standard InChI is InChI=1S/C16H27N3/c1-5-7-14-10-18-16(3,4)12-19(14)11-15-13(2)8-6-9-17-15/h6,8-9,14,18H,5,7,10-12H2,1-4H3. The van der Waals surface area contributed by atoms with Gasteiger partial charge in [-0.1, -0.05) is 19.4 Å². The summed E-state index contributed by atoms with van der Waals surface area (Å²) in [7, 11) is 0. The SMILES string of the molecule is CCCC1CNC(C)(C)CN1Cc1ncccc1C. The van der Waals surface area contributed by atoms with Crippen molar-refractivity contribution in [1.29, 1.82) is 0 Å². The maximum absolute atomic E-state index is 4.55. The molecule has 0 amide bonds. The van der Waals surface area contributed by atoms with Crippen LogP contribution in [0.1, 0.15) is 44.9 Å².